The molecule has 0 saturated carbocycles. The number of para-hydroxylation sites is 1. The standard InChI is InChI=1S/C24H26N4O3S/c1-27-12-14-28(15-13-27)24(30)19-9-7-18(8-10-19)23-26-21(17-32-23)22(29)25-11-16-31-20-5-3-2-4-6-20/h2-10,17H,11-16H2,1H3,(H,25,29). The molecule has 1 N–H and O–H groups in total. The maximum absolute atomic E-state index is 12.7. The van der Waals surface area contributed by atoms with E-state index in [0.29, 0.717) is 24.4 Å². The number of carbonyl (C=O) groups is 2. The van der Waals surface area contributed by atoms with Crippen LogP contribution in [-0.4, -0.2) is 73.0 Å². The molecule has 1 saturated heterocycles. The summed E-state index contributed by atoms with van der Waals surface area (Å²) in [5.41, 5.74) is 1.94. The minimum Gasteiger partial charge on any atom is -0.492 e. The molecule has 0 unspecified atom stereocenters. The van der Waals surface area contributed by atoms with Gasteiger partial charge in [0.2, 0.25) is 0 Å². The van der Waals surface area contributed by atoms with Crippen molar-refractivity contribution < 1.29 is 14.3 Å². The molecular formula is C24H26N4O3S. The molecular weight excluding hydrogens is 424 g/mol. The first-order chi connectivity index (χ1) is 15.6. The lowest BCUT2D eigenvalue weighted by Crippen LogP contribution is -2.47. The molecule has 0 bridgehead atoms. The Morgan fingerprint density at radius 1 is 1.03 bits per heavy atom. The van der Waals surface area contributed by atoms with Gasteiger partial charge in [0.05, 0.1) is 6.54 Å². The number of benzene rings is 2. The van der Waals surface area contributed by atoms with Crippen molar-refractivity contribution in [1.29, 1.82) is 0 Å². The van der Waals surface area contributed by atoms with Crippen molar-refractivity contribution >= 4 is 23.2 Å². The molecule has 1 aliphatic heterocycles. The summed E-state index contributed by atoms with van der Waals surface area (Å²) >= 11 is 1.41. The summed E-state index contributed by atoms with van der Waals surface area (Å²) in [6.07, 6.45) is 0. The average molecular weight is 451 g/mol. The molecule has 1 aliphatic rings. The Balaban J connectivity index is 1.29. The predicted molar refractivity (Wildman–Crippen MR) is 125 cm³/mol. The average Bonchev–Trinajstić information content (AvgIpc) is 3.33. The third-order valence-corrected chi connectivity index (χ3v) is 6.20. The highest BCUT2D eigenvalue weighted by atomic mass is 32.1. The van der Waals surface area contributed by atoms with Crippen LogP contribution in [0.5, 0.6) is 5.75 Å². The van der Waals surface area contributed by atoms with E-state index in [2.05, 4.69) is 22.2 Å². The van der Waals surface area contributed by atoms with Crippen molar-refractivity contribution in [3.63, 3.8) is 0 Å². The molecule has 32 heavy (non-hydrogen) atoms. The van der Waals surface area contributed by atoms with Gasteiger partial charge in [-0.15, -0.1) is 11.3 Å². The second-order valence-electron chi connectivity index (χ2n) is 7.63. The van der Waals surface area contributed by atoms with Gasteiger partial charge in [0.1, 0.15) is 23.1 Å². The molecule has 7 nitrogen and oxygen atoms in total. The number of aromatic nitrogens is 1. The van der Waals surface area contributed by atoms with E-state index in [-0.39, 0.29) is 11.8 Å². The minimum absolute atomic E-state index is 0.0570. The van der Waals surface area contributed by atoms with Gasteiger partial charge in [-0.3, -0.25) is 9.59 Å². The number of ether oxygens (including phenoxy) is 1. The van der Waals surface area contributed by atoms with Crippen molar-refractivity contribution in [2.24, 2.45) is 0 Å². The highest BCUT2D eigenvalue weighted by molar-refractivity contribution is 7.13. The quantitative estimate of drug-likeness (QED) is 0.560. The summed E-state index contributed by atoms with van der Waals surface area (Å²) in [4.78, 5) is 33.6. The highest BCUT2D eigenvalue weighted by Gasteiger charge is 2.20. The molecule has 8 heteroatoms. The van der Waals surface area contributed by atoms with Gasteiger partial charge in [0.25, 0.3) is 11.8 Å². The van der Waals surface area contributed by atoms with Gasteiger partial charge >= 0.3 is 0 Å². The van der Waals surface area contributed by atoms with E-state index < -0.39 is 0 Å². The normalized spacial score (nSPS) is 14.2. The highest BCUT2D eigenvalue weighted by Crippen LogP contribution is 2.24. The third-order valence-electron chi connectivity index (χ3n) is 5.31. The Morgan fingerprint density at radius 2 is 1.75 bits per heavy atom. The number of hydrogen-bond acceptors (Lipinski definition) is 6. The second-order valence-corrected chi connectivity index (χ2v) is 8.49. The van der Waals surface area contributed by atoms with Crippen LogP contribution in [0.15, 0.2) is 60.0 Å². The number of hydrogen-bond donors (Lipinski definition) is 1. The topological polar surface area (TPSA) is 74.8 Å². The van der Waals surface area contributed by atoms with Crippen LogP contribution in [-0.2, 0) is 0 Å². The number of amides is 2. The number of thiazole rings is 1. The van der Waals surface area contributed by atoms with Crippen molar-refractivity contribution in [2.45, 2.75) is 0 Å². The van der Waals surface area contributed by atoms with Gasteiger partial charge in [-0.25, -0.2) is 4.98 Å². The van der Waals surface area contributed by atoms with Crippen LogP contribution >= 0.6 is 11.3 Å². The molecule has 0 aliphatic carbocycles. The molecule has 2 amide bonds. The van der Waals surface area contributed by atoms with E-state index in [1.165, 1.54) is 11.3 Å². The van der Waals surface area contributed by atoms with Crippen LogP contribution in [0, 0.1) is 0 Å². The fourth-order valence-electron chi connectivity index (χ4n) is 3.40. The lowest BCUT2D eigenvalue weighted by atomic mass is 10.1. The van der Waals surface area contributed by atoms with Crippen molar-refractivity contribution in [2.75, 3.05) is 46.4 Å². The van der Waals surface area contributed by atoms with Crippen molar-refractivity contribution in [1.82, 2.24) is 20.1 Å². The van der Waals surface area contributed by atoms with Crippen LogP contribution < -0.4 is 10.1 Å². The van der Waals surface area contributed by atoms with E-state index in [1.807, 2.05) is 59.5 Å². The minimum atomic E-state index is -0.231. The SMILES string of the molecule is CN1CCN(C(=O)c2ccc(-c3nc(C(=O)NCCOc4ccccc4)cs3)cc2)CC1. The molecule has 0 atom stereocenters. The summed E-state index contributed by atoms with van der Waals surface area (Å²) in [5.74, 6) is 0.597. The van der Waals surface area contributed by atoms with Crippen LogP contribution in [0.1, 0.15) is 20.8 Å². The first-order valence-electron chi connectivity index (χ1n) is 10.6. The fourth-order valence-corrected chi connectivity index (χ4v) is 4.21. The fraction of sp³-hybridized carbons (Fsp3) is 0.292. The van der Waals surface area contributed by atoms with Gasteiger partial charge in [0, 0.05) is 42.7 Å². The number of piperazine rings is 1. The predicted octanol–water partition coefficient (Wildman–Crippen LogP) is 3.01. The monoisotopic (exact) mass is 450 g/mol. The first-order valence-corrected chi connectivity index (χ1v) is 11.5. The number of rotatable bonds is 7. The summed E-state index contributed by atoms with van der Waals surface area (Å²) in [6.45, 7) is 4.06. The van der Waals surface area contributed by atoms with E-state index in [4.69, 9.17) is 4.74 Å². The van der Waals surface area contributed by atoms with Gasteiger partial charge in [-0.05, 0) is 31.3 Å². The largest absolute Gasteiger partial charge is 0.492 e. The van der Waals surface area contributed by atoms with Crippen molar-refractivity contribution in [3.8, 4) is 16.3 Å². The summed E-state index contributed by atoms with van der Waals surface area (Å²) < 4.78 is 5.58. The molecule has 3 aromatic rings. The number of nitrogens with zero attached hydrogens (tertiary/aromatic N) is 3. The van der Waals surface area contributed by atoms with Crippen LogP contribution in [0.3, 0.4) is 0 Å². The molecule has 1 aromatic heterocycles. The van der Waals surface area contributed by atoms with Crippen molar-refractivity contribution in [3.05, 3.63) is 71.2 Å². The lowest BCUT2D eigenvalue weighted by Gasteiger charge is -2.32. The molecule has 0 radical (unpaired) electrons. The first kappa shape index (κ1) is 22.0. The Hall–Kier alpha value is -3.23. The van der Waals surface area contributed by atoms with Gasteiger partial charge in [-0.2, -0.15) is 0 Å². The van der Waals surface area contributed by atoms with Crippen LogP contribution in [0.4, 0.5) is 0 Å². The Kier molecular flexibility index (Phi) is 7.14. The Bertz CT molecular complexity index is 1040. The molecule has 4 rings (SSSR count). The molecule has 166 valence electrons. The van der Waals surface area contributed by atoms with Gasteiger partial charge in [-0.1, -0.05) is 30.3 Å². The number of carbonyl (C=O) groups excluding carboxylic acids is 2. The van der Waals surface area contributed by atoms with Gasteiger partial charge < -0.3 is 19.9 Å². The summed E-state index contributed by atoms with van der Waals surface area (Å²) in [6, 6.07) is 16.9. The van der Waals surface area contributed by atoms with Crippen LogP contribution in [0.25, 0.3) is 10.6 Å². The summed E-state index contributed by atoms with van der Waals surface area (Å²) in [5, 5.41) is 5.31. The maximum Gasteiger partial charge on any atom is 0.270 e. The lowest BCUT2D eigenvalue weighted by molar-refractivity contribution is 0.0664. The van der Waals surface area contributed by atoms with E-state index in [1.54, 1.807) is 5.38 Å². The summed E-state index contributed by atoms with van der Waals surface area (Å²) in [7, 11) is 2.07. The molecule has 0 spiro atoms. The zero-order valence-electron chi connectivity index (χ0n) is 18.0. The second kappa shape index (κ2) is 10.4. The number of nitrogens with one attached hydrogen (secondary N) is 1. The molecule has 1 fully saturated rings. The molecule has 2 heterocycles. The Labute approximate surface area is 191 Å². The number of likely N-dealkylation sites (N-methyl/N-ethyl adjacent to an activating group) is 1. The smallest absolute Gasteiger partial charge is 0.270 e. The van der Waals surface area contributed by atoms with E-state index in [0.717, 1.165) is 42.5 Å². The molecule has 2 aromatic carbocycles. The maximum atomic E-state index is 12.7. The van der Waals surface area contributed by atoms with E-state index >= 15 is 0 Å². The van der Waals surface area contributed by atoms with Gasteiger partial charge in [0.15, 0.2) is 0 Å². The van der Waals surface area contributed by atoms with E-state index in [9.17, 15) is 9.59 Å². The third kappa shape index (κ3) is 5.52. The zero-order valence-corrected chi connectivity index (χ0v) is 18.8. The Morgan fingerprint density at radius 3 is 2.47 bits per heavy atom. The zero-order chi connectivity index (χ0) is 22.3. The van der Waals surface area contributed by atoms with Crippen LogP contribution in [0.2, 0.25) is 0 Å².